The van der Waals surface area contributed by atoms with Crippen LogP contribution >= 0.6 is 0 Å². The fraction of sp³-hybridized carbons (Fsp3) is 0.588. The third kappa shape index (κ3) is 3.21. The smallest absolute Gasteiger partial charge is 0.254 e. The van der Waals surface area contributed by atoms with Crippen LogP contribution < -0.4 is 10.2 Å². The molecule has 2 heterocycles. The Labute approximate surface area is 127 Å². The van der Waals surface area contributed by atoms with Gasteiger partial charge in [-0.1, -0.05) is 0 Å². The lowest BCUT2D eigenvalue weighted by Gasteiger charge is -2.34. The van der Waals surface area contributed by atoms with Gasteiger partial charge in [0.05, 0.1) is 0 Å². The van der Waals surface area contributed by atoms with Crippen LogP contribution in [0.4, 0.5) is 5.69 Å². The van der Waals surface area contributed by atoms with E-state index in [1.807, 2.05) is 17.0 Å². The third-order valence-corrected chi connectivity index (χ3v) is 4.60. The van der Waals surface area contributed by atoms with E-state index >= 15 is 0 Å². The van der Waals surface area contributed by atoms with Crippen molar-refractivity contribution in [2.75, 3.05) is 37.6 Å². The molecule has 21 heavy (non-hydrogen) atoms. The maximum Gasteiger partial charge on any atom is 0.254 e. The summed E-state index contributed by atoms with van der Waals surface area (Å²) < 4.78 is 0. The van der Waals surface area contributed by atoms with Crippen LogP contribution in [-0.2, 0) is 0 Å². The SMILES string of the molecule is C[C@H]1CNCCN1C(=O)c1ccc(N2CCCCC2)cc1. The molecule has 2 aliphatic rings. The van der Waals surface area contributed by atoms with E-state index in [-0.39, 0.29) is 11.9 Å². The summed E-state index contributed by atoms with van der Waals surface area (Å²) >= 11 is 0. The third-order valence-electron chi connectivity index (χ3n) is 4.60. The van der Waals surface area contributed by atoms with Gasteiger partial charge in [-0.3, -0.25) is 4.79 Å². The summed E-state index contributed by atoms with van der Waals surface area (Å²) in [5, 5.41) is 3.32. The number of amides is 1. The number of hydrogen-bond acceptors (Lipinski definition) is 3. The summed E-state index contributed by atoms with van der Waals surface area (Å²) in [4.78, 5) is 17.0. The van der Waals surface area contributed by atoms with Crippen LogP contribution in [-0.4, -0.2) is 49.6 Å². The summed E-state index contributed by atoms with van der Waals surface area (Å²) in [5.41, 5.74) is 2.06. The van der Waals surface area contributed by atoms with Crippen molar-refractivity contribution in [1.82, 2.24) is 10.2 Å². The molecule has 1 aromatic rings. The Kier molecular flexibility index (Phi) is 4.44. The van der Waals surface area contributed by atoms with Crippen molar-refractivity contribution in [3.63, 3.8) is 0 Å². The lowest BCUT2D eigenvalue weighted by molar-refractivity contribution is 0.0656. The highest BCUT2D eigenvalue weighted by Gasteiger charge is 2.24. The van der Waals surface area contributed by atoms with Crippen LogP contribution in [0.25, 0.3) is 0 Å². The number of nitrogens with zero attached hydrogens (tertiary/aromatic N) is 2. The molecule has 1 N–H and O–H groups in total. The molecule has 0 bridgehead atoms. The van der Waals surface area contributed by atoms with Gasteiger partial charge < -0.3 is 15.1 Å². The minimum atomic E-state index is 0.161. The van der Waals surface area contributed by atoms with E-state index < -0.39 is 0 Å². The van der Waals surface area contributed by atoms with Crippen LogP contribution in [0.5, 0.6) is 0 Å². The van der Waals surface area contributed by atoms with Crippen LogP contribution in [0.15, 0.2) is 24.3 Å². The second-order valence-corrected chi connectivity index (χ2v) is 6.15. The highest BCUT2D eigenvalue weighted by atomic mass is 16.2. The monoisotopic (exact) mass is 287 g/mol. The van der Waals surface area contributed by atoms with Crippen molar-refractivity contribution in [3.05, 3.63) is 29.8 Å². The van der Waals surface area contributed by atoms with Gasteiger partial charge in [0.1, 0.15) is 0 Å². The van der Waals surface area contributed by atoms with Crippen molar-refractivity contribution in [2.24, 2.45) is 0 Å². The van der Waals surface area contributed by atoms with Gasteiger partial charge >= 0.3 is 0 Å². The van der Waals surface area contributed by atoms with E-state index in [9.17, 15) is 4.79 Å². The Morgan fingerprint density at radius 3 is 2.48 bits per heavy atom. The Hall–Kier alpha value is -1.55. The predicted octanol–water partition coefficient (Wildman–Crippen LogP) is 2.11. The zero-order valence-electron chi connectivity index (χ0n) is 12.8. The van der Waals surface area contributed by atoms with Crippen molar-refractivity contribution in [1.29, 1.82) is 0 Å². The first kappa shape index (κ1) is 14.4. The quantitative estimate of drug-likeness (QED) is 0.905. The largest absolute Gasteiger partial charge is 0.372 e. The van der Waals surface area contributed by atoms with Crippen LogP contribution in [0, 0.1) is 0 Å². The standard InChI is InChI=1S/C17H25N3O/c1-14-13-18-9-12-20(14)17(21)15-5-7-16(8-6-15)19-10-3-2-4-11-19/h5-8,14,18H,2-4,9-13H2,1H3/t14-/m0/s1. The van der Waals surface area contributed by atoms with E-state index in [0.717, 1.165) is 38.3 Å². The molecule has 0 aromatic heterocycles. The second kappa shape index (κ2) is 6.48. The molecular formula is C17H25N3O. The average molecular weight is 287 g/mol. The molecule has 0 spiro atoms. The molecule has 0 aliphatic carbocycles. The van der Waals surface area contributed by atoms with Crippen molar-refractivity contribution < 1.29 is 4.79 Å². The van der Waals surface area contributed by atoms with Gasteiger partial charge in [0.2, 0.25) is 0 Å². The van der Waals surface area contributed by atoms with Crippen molar-refractivity contribution >= 4 is 11.6 Å². The first-order chi connectivity index (χ1) is 10.3. The van der Waals surface area contributed by atoms with E-state index in [1.165, 1.54) is 24.9 Å². The number of benzene rings is 1. The highest BCUT2D eigenvalue weighted by molar-refractivity contribution is 5.94. The van der Waals surface area contributed by atoms with Gasteiger partial charge in [-0.05, 0) is 50.5 Å². The van der Waals surface area contributed by atoms with Gasteiger partial charge in [-0.25, -0.2) is 0 Å². The number of carbonyl (C=O) groups excluding carboxylic acids is 1. The molecule has 0 unspecified atom stereocenters. The number of piperidine rings is 1. The van der Waals surface area contributed by atoms with Crippen molar-refractivity contribution in [3.8, 4) is 0 Å². The molecular weight excluding hydrogens is 262 g/mol. The average Bonchev–Trinajstić information content (AvgIpc) is 2.56. The number of rotatable bonds is 2. The summed E-state index contributed by atoms with van der Waals surface area (Å²) in [6.07, 6.45) is 3.89. The maximum atomic E-state index is 12.6. The molecule has 1 atom stereocenters. The fourth-order valence-electron chi connectivity index (χ4n) is 3.28. The van der Waals surface area contributed by atoms with E-state index in [2.05, 4.69) is 29.3 Å². The molecule has 2 aliphatic heterocycles. The first-order valence-electron chi connectivity index (χ1n) is 8.12. The molecule has 3 rings (SSSR count). The molecule has 2 saturated heterocycles. The van der Waals surface area contributed by atoms with Crippen LogP contribution in [0.1, 0.15) is 36.5 Å². The van der Waals surface area contributed by atoms with Gasteiger partial charge in [-0.15, -0.1) is 0 Å². The predicted molar refractivity (Wildman–Crippen MR) is 85.9 cm³/mol. The molecule has 1 amide bonds. The lowest BCUT2D eigenvalue weighted by atomic mass is 10.1. The van der Waals surface area contributed by atoms with Gasteiger partial charge in [0.15, 0.2) is 0 Å². The first-order valence-corrected chi connectivity index (χ1v) is 8.12. The van der Waals surface area contributed by atoms with Gasteiger partial charge in [-0.2, -0.15) is 0 Å². The zero-order chi connectivity index (χ0) is 14.7. The number of hydrogen-bond donors (Lipinski definition) is 1. The van der Waals surface area contributed by atoms with E-state index in [1.54, 1.807) is 0 Å². The Morgan fingerprint density at radius 2 is 1.81 bits per heavy atom. The van der Waals surface area contributed by atoms with E-state index in [0.29, 0.717) is 0 Å². The summed E-state index contributed by atoms with van der Waals surface area (Å²) in [7, 11) is 0. The summed E-state index contributed by atoms with van der Waals surface area (Å²) in [6, 6.07) is 8.45. The lowest BCUT2D eigenvalue weighted by Crippen LogP contribution is -2.52. The van der Waals surface area contributed by atoms with Crippen LogP contribution in [0.2, 0.25) is 0 Å². The molecule has 114 valence electrons. The summed E-state index contributed by atoms with van der Waals surface area (Å²) in [6.45, 7) is 6.96. The Balaban J connectivity index is 1.69. The maximum absolute atomic E-state index is 12.6. The second-order valence-electron chi connectivity index (χ2n) is 6.15. The molecule has 0 saturated carbocycles. The molecule has 0 radical (unpaired) electrons. The van der Waals surface area contributed by atoms with E-state index in [4.69, 9.17) is 0 Å². The van der Waals surface area contributed by atoms with Gasteiger partial charge in [0.25, 0.3) is 5.91 Å². The number of carbonyl (C=O) groups is 1. The number of piperazine rings is 1. The fourth-order valence-corrected chi connectivity index (χ4v) is 3.28. The zero-order valence-corrected chi connectivity index (χ0v) is 12.8. The van der Waals surface area contributed by atoms with Crippen molar-refractivity contribution in [2.45, 2.75) is 32.2 Å². The minimum Gasteiger partial charge on any atom is -0.372 e. The molecule has 4 heteroatoms. The molecule has 1 aromatic carbocycles. The van der Waals surface area contributed by atoms with Crippen LogP contribution in [0.3, 0.4) is 0 Å². The minimum absolute atomic E-state index is 0.161. The molecule has 4 nitrogen and oxygen atoms in total. The summed E-state index contributed by atoms with van der Waals surface area (Å²) in [5.74, 6) is 0.161. The molecule has 2 fully saturated rings. The number of anilines is 1. The van der Waals surface area contributed by atoms with Gasteiger partial charge in [0, 0.05) is 50.0 Å². The number of nitrogens with one attached hydrogen (secondary N) is 1. The Bertz CT molecular complexity index is 479. The topological polar surface area (TPSA) is 35.6 Å². The normalized spacial score (nSPS) is 23.2. The Morgan fingerprint density at radius 1 is 1.10 bits per heavy atom. The highest BCUT2D eigenvalue weighted by Crippen LogP contribution is 2.21.